The molecule has 0 bridgehead atoms. The fraction of sp³-hybridized carbons (Fsp3) is 0.412. The first-order chi connectivity index (χ1) is 11.8. The number of halogens is 3. The summed E-state index contributed by atoms with van der Waals surface area (Å²) in [7, 11) is 0. The maximum Gasteiger partial charge on any atom is 0.416 e. The molecule has 1 aromatic rings. The van der Waals surface area contributed by atoms with Gasteiger partial charge in [-0.25, -0.2) is 0 Å². The molecule has 0 N–H and O–H groups in total. The van der Waals surface area contributed by atoms with E-state index in [0.717, 1.165) is 12.1 Å². The summed E-state index contributed by atoms with van der Waals surface area (Å²) in [5.41, 5.74) is -0.263. The van der Waals surface area contributed by atoms with Crippen LogP contribution in [0.1, 0.15) is 18.1 Å². The molecular formula is C17H20F3NO3S. The highest BCUT2D eigenvalue weighted by atomic mass is 32.2. The number of nitrogens with zero attached hydrogens (tertiary/aromatic N) is 1. The molecule has 0 heterocycles. The Morgan fingerprint density at radius 2 is 1.92 bits per heavy atom. The van der Waals surface area contributed by atoms with Crippen LogP contribution in [0.3, 0.4) is 0 Å². The molecule has 8 heteroatoms. The Bertz CT molecular complexity index is 588. The van der Waals surface area contributed by atoms with Crippen LogP contribution in [0, 0.1) is 0 Å². The molecule has 4 nitrogen and oxygen atoms in total. The summed E-state index contributed by atoms with van der Waals surface area (Å²) in [5.74, 6) is -0.123. The molecule has 0 spiro atoms. The van der Waals surface area contributed by atoms with Crippen LogP contribution in [0.4, 0.5) is 13.2 Å². The van der Waals surface area contributed by atoms with Crippen molar-refractivity contribution in [3.63, 3.8) is 0 Å². The van der Waals surface area contributed by atoms with Crippen molar-refractivity contribution in [1.29, 1.82) is 0 Å². The van der Waals surface area contributed by atoms with Gasteiger partial charge in [-0.1, -0.05) is 18.2 Å². The molecule has 1 rings (SSSR count). The largest absolute Gasteiger partial charge is 0.465 e. The van der Waals surface area contributed by atoms with Crippen LogP contribution in [0.25, 0.3) is 0 Å². The van der Waals surface area contributed by atoms with Gasteiger partial charge in [-0.3, -0.25) is 9.59 Å². The quantitative estimate of drug-likeness (QED) is 0.376. The molecule has 1 aromatic carbocycles. The first kappa shape index (κ1) is 21.1. The summed E-state index contributed by atoms with van der Waals surface area (Å²) in [6, 6.07) is 4.50. The van der Waals surface area contributed by atoms with Gasteiger partial charge in [-0.05, 0) is 24.6 Å². The summed E-state index contributed by atoms with van der Waals surface area (Å²) >= 11 is 1.34. The molecule has 0 fully saturated rings. The molecule has 0 unspecified atom stereocenters. The van der Waals surface area contributed by atoms with Crippen LogP contribution >= 0.6 is 11.8 Å². The molecule has 0 aliphatic rings. The number of hydrogen-bond acceptors (Lipinski definition) is 4. The third kappa shape index (κ3) is 7.64. The van der Waals surface area contributed by atoms with Crippen LogP contribution in [0.15, 0.2) is 36.9 Å². The van der Waals surface area contributed by atoms with Gasteiger partial charge in [0, 0.05) is 12.3 Å². The van der Waals surface area contributed by atoms with Crippen LogP contribution < -0.4 is 0 Å². The fourth-order valence-corrected chi connectivity index (χ4v) is 2.58. The maximum atomic E-state index is 12.6. The van der Waals surface area contributed by atoms with Crippen LogP contribution in [-0.2, 0) is 27.0 Å². The molecule has 25 heavy (non-hydrogen) atoms. The second-order valence-electron chi connectivity index (χ2n) is 5.05. The van der Waals surface area contributed by atoms with Gasteiger partial charge in [0.05, 0.1) is 17.9 Å². The summed E-state index contributed by atoms with van der Waals surface area (Å²) in [5, 5.41) is 0. The molecule has 0 aliphatic carbocycles. The van der Waals surface area contributed by atoms with Gasteiger partial charge in [0.25, 0.3) is 0 Å². The third-order valence-electron chi connectivity index (χ3n) is 3.09. The second kappa shape index (κ2) is 10.1. The Balaban J connectivity index is 2.82. The lowest BCUT2D eigenvalue weighted by atomic mass is 10.1. The number of benzene rings is 1. The Kier molecular flexibility index (Phi) is 8.54. The summed E-state index contributed by atoms with van der Waals surface area (Å²) in [6.45, 7) is 5.18. The molecule has 0 saturated carbocycles. The van der Waals surface area contributed by atoms with Gasteiger partial charge in [0.2, 0.25) is 5.91 Å². The van der Waals surface area contributed by atoms with Crippen molar-refractivity contribution in [3.8, 4) is 0 Å². The third-order valence-corrected chi connectivity index (χ3v) is 4.02. The van der Waals surface area contributed by atoms with Crippen molar-refractivity contribution < 1.29 is 27.5 Å². The first-order valence-corrected chi connectivity index (χ1v) is 8.71. The van der Waals surface area contributed by atoms with E-state index in [2.05, 4.69) is 6.58 Å². The zero-order chi connectivity index (χ0) is 18.9. The van der Waals surface area contributed by atoms with Crippen LogP contribution in [0.2, 0.25) is 0 Å². The Morgan fingerprint density at radius 3 is 2.44 bits per heavy atom. The highest BCUT2D eigenvalue weighted by Crippen LogP contribution is 2.29. The predicted molar refractivity (Wildman–Crippen MR) is 91.0 cm³/mol. The topological polar surface area (TPSA) is 46.6 Å². The number of carbonyl (C=O) groups excluding carboxylic acids is 2. The van der Waals surface area contributed by atoms with E-state index in [4.69, 9.17) is 4.74 Å². The zero-order valence-corrected chi connectivity index (χ0v) is 14.7. The highest BCUT2D eigenvalue weighted by molar-refractivity contribution is 8.00. The first-order valence-electron chi connectivity index (χ1n) is 7.56. The van der Waals surface area contributed by atoms with Crippen LogP contribution in [-0.4, -0.2) is 41.4 Å². The normalized spacial score (nSPS) is 11.0. The summed E-state index contributed by atoms with van der Waals surface area (Å²) < 4.78 is 42.7. The number of esters is 1. The van der Waals surface area contributed by atoms with E-state index in [9.17, 15) is 22.8 Å². The van der Waals surface area contributed by atoms with E-state index in [1.54, 1.807) is 13.0 Å². The lowest BCUT2D eigenvalue weighted by Crippen LogP contribution is -2.37. The number of amides is 1. The van der Waals surface area contributed by atoms with E-state index in [1.165, 1.54) is 28.8 Å². The van der Waals surface area contributed by atoms with Crippen molar-refractivity contribution >= 4 is 23.6 Å². The molecule has 138 valence electrons. The van der Waals surface area contributed by atoms with E-state index < -0.39 is 17.7 Å². The van der Waals surface area contributed by atoms with E-state index in [1.807, 2.05) is 0 Å². The Hall–Kier alpha value is -1.96. The molecule has 0 aromatic heterocycles. The fourth-order valence-electron chi connectivity index (χ4n) is 1.94. The summed E-state index contributed by atoms with van der Waals surface area (Å²) in [4.78, 5) is 25.2. The lowest BCUT2D eigenvalue weighted by Gasteiger charge is -2.22. The average molecular weight is 375 g/mol. The lowest BCUT2D eigenvalue weighted by molar-refractivity contribution is -0.148. The average Bonchev–Trinajstić information content (AvgIpc) is 2.54. The maximum absolute atomic E-state index is 12.6. The van der Waals surface area contributed by atoms with Gasteiger partial charge in [0.1, 0.15) is 6.54 Å². The van der Waals surface area contributed by atoms with Gasteiger partial charge >= 0.3 is 12.1 Å². The van der Waals surface area contributed by atoms with Crippen LogP contribution in [0.5, 0.6) is 0 Å². The van der Waals surface area contributed by atoms with Crippen molar-refractivity contribution in [2.75, 3.05) is 24.7 Å². The van der Waals surface area contributed by atoms with E-state index in [-0.39, 0.29) is 31.4 Å². The van der Waals surface area contributed by atoms with Gasteiger partial charge in [-0.2, -0.15) is 13.2 Å². The highest BCUT2D eigenvalue weighted by Gasteiger charge is 2.30. The number of carbonyl (C=O) groups is 2. The van der Waals surface area contributed by atoms with Gasteiger partial charge < -0.3 is 9.64 Å². The van der Waals surface area contributed by atoms with Crippen molar-refractivity contribution in [1.82, 2.24) is 4.90 Å². The number of thioether (sulfide) groups is 1. The van der Waals surface area contributed by atoms with Crippen molar-refractivity contribution in [3.05, 3.63) is 48.0 Å². The molecule has 1 amide bonds. The smallest absolute Gasteiger partial charge is 0.416 e. The molecular weight excluding hydrogens is 355 g/mol. The zero-order valence-electron chi connectivity index (χ0n) is 13.8. The Morgan fingerprint density at radius 1 is 1.28 bits per heavy atom. The second-order valence-corrected chi connectivity index (χ2v) is 6.08. The Labute approximate surface area is 149 Å². The SMILES string of the molecule is C=CCSCC(=O)N(CC(=O)OCC)Cc1ccc(C(F)(F)F)cc1. The molecule has 0 radical (unpaired) electrons. The monoisotopic (exact) mass is 375 g/mol. The minimum absolute atomic E-state index is 0.0322. The molecule has 0 aliphatic heterocycles. The number of hydrogen-bond donors (Lipinski definition) is 0. The van der Waals surface area contributed by atoms with Crippen molar-refractivity contribution in [2.45, 2.75) is 19.6 Å². The minimum atomic E-state index is -4.42. The predicted octanol–water partition coefficient (Wildman–Crippen LogP) is 3.52. The number of rotatable bonds is 9. The van der Waals surface area contributed by atoms with E-state index in [0.29, 0.717) is 11.3 Å². The summed E-state index contributed by atoms with van der Waals surface area (Å²) in [6.07, 6.45) is -2.76. The van der Waals surface area contributed by atoms with Gasteiger partial charge in [0.15, 0.2) is 0 Å². The van der Waals surface area contributed by atoms with Crippen molar-refractivity contribution in [2.24, 2.45) is 0 Å². The number of ether oxygens (including phenoxy) is 1. The molecule has 0 atom stereocenters. The van der Waals surface area contributed by atoms with E-state index >= 15 is 0 Å². The molecule has 0 saturated heterocycles. The standard InChI is InChI=1S/C17H20F3NO3S/c1-3-9-25-12-15(22)21(11-16(23)24-4-2)10-13-5-7-14(8-6-13)17(18,19)20/h3,5-8H,1,4,9-12H2,2H3. The number of alkyl halides is 3. The minimum Gasteiger partial charge on any atom is -0.465 e. The van der Waals surface area contributed by atoms with Gasteiger partial charge in [-0.15, -0.1) is 18.3 Å².